The second kappa shape index (κ2) is 6.56. The van der Waals surface area contributed by atoms with E-state index < -0.39 is 0 Å². The van der Waals surface area contributed by atoms with E-state index in [0.717, 1.165) is 18.4 Å². The van der Waals surface area contributed by atoms with Crippen molar-refractivity contribution in [2.24, 2.45) is 11.8 Å². The highest BCUT2D eigenvalue weighted by molar-refractivity contribution is 5.31. The van der Waals surface area contributed by atoms with E-state index in [1.807, 2.05) is 0 Å². The second-order valence-corrected chi connectivity index (χ2v) is 6.39. The topological polar surface area (TPSA) is 12.0 Å². The zero-order valence-corrected chi connectivity index (χ0v) is 13.0. The fourth-order valence-electron chi connectivity index (χ4n) is 2.98. The van der Waals surface area contributed by atoms with Gasteiger partial charge in [-0.25, -0.2) is 0 Å². The first kappa shape index (κ1) is 14.6. The van der Waals surface area contributed by atoms with Crippen LogP contribution >= 0.6 is 0 Å². The van der Waals surface area contributed by atoms with Crippen LogP contribution in [0.1, 0.15) is 49.8 Å². The molecule has 1 aromatic carbocycles. The monoisotopic (exact) mass is 259 g/mol. The van der Waals surface area contributed by atoms with Crippen LogP contribution in [0.25, 0.3) is 0 Å². The van der Waals surface area contributed by atoms with Crippen molar-refractivity contribution in [3.63, 3.8) is 0 Å². The van der Waals surface area contributed by atoms with Crippen LogP contribution in [0.2, 0.25) is 0 Å². The summed E-state index contributed by atoms with van der Waals surface area (Å²) in [6.45, 7) is 10.3. The Labute approximate surface area is 118 Å². The fourth-order valence-corrected chi connectivity index (χ4v) is 2.98. The van der Waals surface area contributed by atoms with Crippen LogP contribution < -0.4 is 5.32 Å². The molecule has 106 valence electrons. The average Bonchev–Trinajstić information content (AvgIpc) is 3.22. The lowest BCUT2D eigenvalue weighted by atomic mass is 9.89. The van der Waals surface area contributed by atoms with Crippen LogP contribution in [0.4, 0.5) is 0 Å². The van der Waals surface area contributed by atoms with Crippen LogP contribution in [-0.2, 0) is 6.42 Å². The lowest BCUT2D eigenvalue weighted by molar-refractivity contribution is 0.339. The lowest BCUT2D eigenvalue weighted by Gasteiger charge is -2.26. The minimum atomic E-state index is 0.646. The van der Waals surface area contributed by atoms with Gasteiger partial charge in [-0.3, -0.25) is 0 Å². The lowest BCUT2D eigenvalue weighted by Crippen LogP contribution is -2.38. The summed E-state index contributed by atoms with van der Waals surface area (Å²) >= 11 is 0. The highest BCUT2D eigenvalue weighted by atomic mass is 14.9. The molecule has 0 amide bonds. The fraction of sp³-hybridized carbons (Fsp3) is 0.667. The van der Waals surface area contributed by atoms with Crippen molar-refractivity contribution in [3.05, 3.63) is 34.9 Å². The minimum absolute atomic E-state index is 0.646. The van der Waals surface area contributed by atoms with Gasteiger partial charge in [-0.1, -0.05) is 37.6 Å². The summed E-state index contributed by atoms with van der Waals surface area (Å²) in [4.78, 5) is 0. The van der Waals surface area contributed by atoms with Gasteiger partial charge < -0.3 is 5.32 Å². The molecule has 1 aliphatic carbocycles. The van der Waals surface area contributed by atoms with Gasteiger partial charge in [-0.05, 0) is 69.0 Å². The molecule has 1 N–H and O–H groups in total. The molecule has 1 nitrogen and oxygen atoms in total. The maximum atomic E-state index is 3.79. The molecule has 0 radical (unpaired) electrons. The number of hydrogen-bond acceptors (Lipinski definition) is 1. The van der Waals surface area contributed by atoms with E-state index in [0.29, 0.717) is 6.04 Å². The first-order valence-electron chi connectivity index (χ1n) is 7.91. The van der Waals surface area contributed by atoms with Gasteiger partial charge in [0.15, 0.2) is 0 Å². The molecule has 2 unspecified atom stereocenters. The van der Waals surface area contributed by atoms with Crippen molar-refractivity contribution in [1.82, 2.24) is 5.32 Å². The normalized spacial score (nSPS) is 18.3. The Hall–Kier alpha value is -0.820. The molecule has 1 saturated carbocycles. The summed E-state index contributed by atoms with van der Waals surface area (Å²) in [6, 6.07) is 7.50. The molecule has 1 aliphatic rings. The number of rotatable bonds is 7. The molecule has 1 fully saturated rings. The van der Waals surface area contributed by atoms with Crippen LogP contribution in [0.3, 0.4) is 0 Å². The van der Waals surface area contributed by atoms with Crippen LogP contribution in [0.5, 0.6) is 0 Å². The summed E-state index contributed by atoms with van der Waals surface area (Å²) in [6.07, 6.45) is 5.29. The van der Waals surface area contributed by atoms with Gasteiger partial charge in [0.25, 0.3) is 0 Å². The second-order valence-electron chi connectivity index (χ2n) is 6.39. The van der Waals surface area contributed by atoms with Crippen molar-refractivity contribution >= 4 is 0 Å². The van der Waals surface area contributed by atoms with E-state index >= 15 is 0 Å². The van der Waals surface area contributed by atoms with Crippen LogP contribution in [0, 0.1) is 25.7 Å². The molecule has 0 bridgehead atoms. The molecule has 2 rings (SSSR count). The standard InChI is InChI=1S/C18H29N/c1-5-10-19-18(15(4)16-8-9-16)12-17-11-13(2)6-7-14(17)3/h6-7,11,15-16,18-19H,5,8-10,12H2,1-4H3. The molecule has 0 heterocycles. The average molecular weight is 259 g/mol. The summed E-state index contributed by atoms with van der Waals surface area (Å²) in [5.74, 6) is 1.78. The molecule has 0 aromatic heterocycles. The predicted molar refractivity (Wildman–Crippen MR) is 83.6 cm³/mol. The Balaban J connectivity index is 2.07. The quantitative estimate of drug-likeness (QED) is 0.771. The van der Waals surface area contributed by atoms with Gasteiger partial charge in [-0.2, -0.15) is 0 Å². The van der Waals surface area contributed by atoms with Crippen molar-refractivity contribution in [3.8, 4) is 0 Å². The molecule has 19 heavy (non-hydrogen) atoms. The Morgan fingerprint density at radius 2 is 2.00 bits per heavy atom. The van der Waals surface area contributed by atoms with Gasteiger partial charge in [-0.15, -0.1) is 0 Å². The third kappa shape index (κ3) is 4.07. The number of nitrogens with one attached hydrogen (secondary N) is 1. The third-order valence-corrected chi connectivity index (χ3v) is 4.60. The summed E-state index contributed by atoms with van der Waals surface area (Å²) in [5.41, 5.74) is 4.35. The number of hydrogen-bond donors (Lipinski definition) is 1. The van der Waals surface area contributed by atoms with Crippen molar-refractivity contribution in [2.45, 2.75) is 59.4 Å². The third-order valence-electron chi connectivity index (χ3n) is 4.60. The van der Waals surface area contributed by atoms with E-state index in [-0.39, 0.29) is 0 Å². The van der Waals surface area contributed by atoms with E-state index in [9.17, 15) is 0 Å². The molecular weight excluding hydrogens is 230 g/mol. The highest BCUT2D eigenvalue weighted by Crippen LogP contribution is 2.39. The molecule has 0 saturated heterocycles. The van der Waals surface area contributed by atoms with Crippen molar-refractivity contribution < 1.29 is 0 Å². The highest BCUT2D eigenvalue weighted by Gasteiger charge is 2.33. The van der Waals surface area contributed by atoms with Crippen LogP contribution in [-0.4, -0.2) is 12.6 Å². The summed E-state index contributed by atoms with van der Waals surface area (Å²) in [7, 11) is 0. The van der Waals surface area contributed by atoms with E-state index in [1.54, 1.807) is 0 Å². The number of aryl methyl sites for hydroxylation is 2. The maximum absolute atomic E-state index is 3.79. The van der Waals surface area contributed by atoms with E-state index in [1.165, 1.54) is 42.4 Å². The van der Waals surface area contributed by atoms with Crippen molar-refractivity contribution in [1.29, 1.82) is 0 Å². The predicted octanol–water partition coefficient (Wildman–Crippen LogP) is 4.26. The Morgan fingerprint density at radius 1 is 1.26 bits per heavy atom. The summed E-state index contributed by atoms with van der Waals surface area (Å²) < 4.78 is 0. The van der Waals surface area contributed by atoms with Gasteiger partial charge in [0.1, 0.15) is 0 Å². The molecular formula is C18H29N. The van der Waals surface area contributed by atoms with Crippen molar-refractivity contribution in [2.75, 3.05) is 6.54 Å². The largest absolute Gasteiger partial charge is 0.313 e. The Kier molecular flexibility index (Phi) is 5.04. The van der Waals surface area contributed by atoms with Gasteiger partial charge >= 0.3 is 0 Å². The van der Waals surface area contributed by atoms with Gasteiger partial charge in [0.05, 0.1) is 0 Å². The smallest absolute Gasteiger partial charge is 0.0136 e. The molecule has 0 spiro atoms. The molecule has 2 atom stereocenters. The van der Waals surface area contributed by atoms with Gasteiger partial charge in [0, 0.05) is 6.04 Å². The Morgan fingerprint density at radius 3 is 2.63 bits per heavy atom. The van der Waals surface area contributed by atoms with E-state index in [4.69, 9.17) is 0 Å². The van der Waals surface area contributed by atoms with E-state index in [2.05, 4.69) is 51.2 Å². The molecule has 1 aromatic rings. The van der Waals surface area contributed by atoms with Gasteiger partial charge in [0.2, 0.25) is 0 Å². The minimum Gasteiger partial charge on any atom is -0.313 e. The zero-order chi connectivity index (χ0) is 13.8. The molecule has 1 heteroatoms. The first-order valence-corrected chi connectivity index (χ1v) is 7.91. The first-order chi connectivity index (χ1) is 9.11. The maximum Gasteiger partial charge on any atom is 0.0136 e. The zero-order valence-electron chi connectivity index (χ0n) is 13.0. The van der Waals surface area contributed by atoms with Crippen LogP contribution in [0.15, 0.2) is 18.2 Å². The summed E-state index contributed by atoms with van der Waals surface area (Å²) in [5, 5.41) is 3.79. The molecule has 0 aliphatic heterocycles. The SMILES string of the molecule is CCCNC(Cc1cc(C)ccc1C)C(C)C1CC1. The Bertz CT molecular complexity index is 406. The number of benzene rings is 1.